The Balaban J connectivity index is 2.01. The molecule has 0 N–H and O–H groups in total. The van der Waals surface area contributed by atoms with E-state index in [1.807, 2.05) is 0 Å². The van der Waals surface area contributed by atoms with Crippen LogP contribution in [0.5, 0.6) is 0 Å². The summed E-state index contributed by atoms with van der Waals surface area (Å²) in [7, 11) is 4.48. The van der Waals surface area contributed by atoms with E-state index in [1.54, 1.807) is 0 Å². The van der Waals surface area contributed by atoms with E-state index in [2.05, 4.69) is 50.7 Å². The van der Waals surface area contributed by atoms with Crippen LogP contribution in [0.3, 0.4) is 0 Å². The van der Waals surface area contributed by atoms with Gasteiger partial charge in [0.05, 0.1) is 12.0 Å². The second kappa shape index (κ2) is 6.67. The minimum atomic E-state index is 0.223. The molecule has 0 amide bonds. The van der Waals surface area contributed by atoms with E-state index in [9.17, 15) is 5.26 Å². The van der Waals surface area contributed by atoms with Crippen molar-refractivity contribution in [1.82, 2.24) is 9.80 Å². The zero-order valence-electron chi connectivity index (χ0n) is 14.6. The van der Waals surface area contributed by atoms with Crippen molar-refractivity contribution in [1.29, 1.82) is 5.26 Å². The Morgan fingerprint density at radius 3 is 2.48 bits per heavy atom. The first-order chi connectivity index (χ1) is 9.82. The molecule has 4 unspecified atom stereocenters. The van der Waals surface area contributed by atoms with Gasteiger partial charge in [0.2, 0.25) is 0 Å². The van der Waals surface area contributed by atoms with E-state index in [4.69, 9.17) is 0 Å². The molecule has 2 aliphatic rings. The molecule has 120 valence electrons. The number of rotatable bonds is 3. The monoisotopic (exact) mass is 291 g/mol. The van der Waals surface area contributed by atoms with Gasteiger partial charge in [-0.25, -0.2) is 0 Å². The summed E-state index contributed by atoms with van der Waals surface area (Å²) in [5, 5.41) is 9.53. The fourth-order valence-corrected chi connectivity index (χ4v) is 4.25. The highest BCUT2D eigenvalue weighted by atomic mass is 15.2. The van der Waals surface area contributed by atoms with E-state index < -0.39 is 0 Å². The van der Waals surface area contributed by atoms with Crippen LogP contribution in [0.2, 0.25) is 0 Å². The molecule has 0 bridgehead atoms. The summed E-state index contributed by atoms with van der Waals surface area (Å²) in [6, 6.07) is 3.72. The van der Waals surface area contributed by atoms with Gasteiger partial charge in [0.15, 0.2) is 0 Å². The molecule has 3 heteroatoms. The van der Waals surface area contributed by atoms with Crippen LogP contribution in [-0.2, 0) is 0 Å². The molecule has 2 fully saturated rings. The molecule has 0 aromatic heterocycles. The predicted octanol–water partition coefficient (Wildman–Crippen LogP) is 3.37. The molecule has 1 heterocycles. The van der Waals surface area contributed by atoms with E-state index >= 15 is 0 Å². The average molecular weight is 291 g/mol. The Bertz CT molecular complexity index is 379. The van der Waals surface area contributed by atoms with Crippen LogP contribution >= 0.6 is 0 Å². The SMILES string of the molecule is CN1CCCC1CN(C)C1CC(C(C)(C)C)CCC1C#N. The topological polar surface area (TPSA) is 30.3 Å². The summed E-state index contributed by atoms with van der Waals surface area (Å²) in [5.41, 5.74) is 0.365. The van der Waals surface area contributed by atoms with Gasteiger partial charge >= 0.3 is 0 Å². The number of hydrogen-bond acceptors (Lipinski definition) is 3. The van der Waals surface area contributed by atoms with Crippen LogP contribution in [0.4, 0.5) is 0 Å². The van der Waals surface area contributed by atoms with Gasteiger partial charge in [0.25, 0.3) is 0 Å². The molecule has 21 heavy (non-hydrogen) atoms. The first-order valence-electron chi connectivity index (χ1n) is 8.63. The van der Waals surface area contributed by atoms with Crippen LogP contribution in [0.25, 0.3) is 0 Å². The smallest absolute Gasteiger partial charge is 0.0672 e. The van der Waals surface area contributed by atoms with Crippen LogP contribution < -0.4 is 0 Å². The van der Waals surface area contributed by atoms with E-state index in [-0.39, 0.29) is 5.92 Å². The second-order valence-electron chi connectivity index (χ2n) is 8.40. The van der Waals surface area contributed by atoms with Crippen LogP contribution in [-0.4, -0.2) is 49.1 Å². The average Bonchev–Trinajstić information content (AvgIpc) is 2.82. The van der Waals surface area contributed by atoms with E-state index in [0.717, 1.165) is 18.9 Å². The lowest BCUT2D eigenvalue weighted by Crippen LogP contribution is -2.48. The number of hydrogen-bond donors (Lipinski definition) is 0. The van der Waals surface area contributed by atoms with Crippen molar-refractivity contribution in [3.05, 3.63) is 0 Å². The summed E-state index contributed by atoms with van der Waals surface area (Å²) < 4.78 is 0. The van der Waals surface area contributed by atoms with E-state index in [0.29, 0.717) is 17.5 Å². The van der Waals surface area contributed by atoms with Crippen molar-refractivity contribution in [2.45, 2.75) is 65.0 Å². The Hall–Kier alpha value is -0.590. The maximum absolute atomic E-state index is 9.53. The lowest BCUT2D eigenvalue weighted by atomic mass is 9.68. The predicted molar refractivity (Wildman–Crippen MR) is 88.0 cm³/mol. The third-order valence-corrected chi connectivity index (χ3v) is 5.94. The third-order valence-electron chi connectivity index (χ3n) is 5.94. The van der Waals surface area contributed by atoms with E-state index in [1.165, 1.54) is 32.2 Å². The number of likely N-dealkylation sites (N-methyl/N-ethyl adjacent to an activating group) is 2. The van der Waals surface area contributed by atoms with Crippen molar-refractivity contribution < 1.29 is 0 Å². The summed E-state index contributed by atoms with van der Waals surface area (Å²) >= 11 is 0. The van der Waals surface area contributed by atoms with Gasteiger partial charge in [0, 0.05) is 18.6 Å². The lowest BCUT2D eigenvalue weighted by Gasteiger charge is -2.44. The highest BCUT2D eigenvalue weighted by Gasteiger charge is 2.38. The summed E-state index contributed by atoms with van der Waals surface area (Å²) in [6.07, 6.45) is 6.12. The second-order valence-corrected chi connectivity index (χ2v) is 8.40. The number of nitrogens with zero attached hydrogens (tertiary/aromatic N) is 3. The highest BCUT2D eigenvalue weighted by Crippen LogP contribution is 2.41. The number of likely N-dealkylation sites (tertiary alicyclic amines) is 1. The summed E-state index contributed by atoms with van der Waals surface area (Å²) in [4.78, 5) is 4.99. The molecule has 2 rings (SSSR count). The normalized spacial score (nSPS) is 35.1. The van der Waals surface area contributed by atoms with Crippen molar-refractivity contribution >= 4 is 0 Å². The molecular formula is C18H33N3. The first-order valence-corrected chi connectivity index (χ1v) is 8.63. The maximum Gasteiger partial charge on any atom is 0.0672 e. The largest absolute Gasteiger partial charge is 0.302 e. The molecule has 1 saturated heterocycles. The molecule has 1 aliphatic carbocycles. The minimum absolute atomic E-state index is 0.223. The third kappa shape index (κ3) is 3.99. The van der Waals surface area contributed by atoms with Crippen LogP contribution in [0.15, 0.2) is 0 Å². The highest BCUT2D eigenvalue weighted by molar-refractivity contribution is 4.99. The van der Waals surface area contributed by atoms with Crippen LogP contribution in [0, 0.1) is 28.6 Å². The lowest BCUT2D eigenvalue weighted by molar-refractivity contribution is 0.0632. The molecular weight excluding hydrogens is 258 g/mol. The van der Waals surface area contributed by atoms with Gasteiger partial charge in [-0.15, -0.1) is 0 Å². The summed E-state index contributed by atoms with van der Waals surface area (Å²) in [5.74, 6) is 0.969. The molecule has 0 radical (unpaired) electrons. The minimum Gasteiger partial charge on any atom is -0.302 e. The zero-order valence-corrected chi connectivity index (χ0v) is 14.6. The molecule has 0 aromatic rings. The standard InChI is InChI=1S/C18H33N3/c1-18(2,3)15-9-8-14(12-19)17(11-15)21(5)13-16-7-6-10-20(16)4/h14-17H,6-11,13H2,1-5H3. The van der Waals surface area contributed by atoms with Gasteiger partial charge in [-0.3, -0.25) is 0 Å². The molecule has 3 nitrogen and oxygen atoms in total. The molecule has 4 atom stereocenters. The van der Waals surface area contributed by atoms with Crippen molar-refractivity contribution in [2.24, 2.45) is 17.3 Å². The summed E-state index contributed by atoms with van der Waals surface area (Å²) in [6.45, 7) is 9.41. The first kappa shape index (κ1) is 16.8. The van der Waals surface area contributed by atoms with Crippen molar-refractivity contribution in [2.75, 3.05) is 27.2 Å². The Morgan fingerprint density at radius 2 is 1.95 bits per heavy atom. The molecule has 0 spiro atoms. The van der Waals surface area contributed by atoms with Gasteiger partial charge in [0.1, 0.15) is 0 Å². The van der Waals surface area contributed by atoms with Crippen LogP contribution in [0.1, 0.15) is 52.9 Å². The molecule has 1 saturated carbocycles. The van der Waals surface area contributed by atoms with Gasteiger partial charge in [-0.2, -0.15) is 5.26 Å². The Labute approximate surface area is 131 Å². The quantitative estimate of drug-likeness (QED) is 0.798. The fraction of sp³-hybridized carbons (Fsp3) is 0.944. The molecule has 0 aromatic carbocycles. The van der Waals surface area contributed by atoms with Crippen molar-refractivity contribution in [3.8, 4) is 6.07 Å². The van der Waals surface area contributed by atoms with Crippen molar-refractivity contribution in [3.63, 3.8) is 0 Å². The van der Waals surface area contributed by atoms with Gasteiger partial charge < -0.3 is 9.80 Å². The number of nitriles is 1. The Morgan fingerprint density at radius 1 is 1.24 bits per heavy atom. The zero-order chi connectivity index (χ0) is 15.6. The maximum atomic E-state index is 9.53. The fourth-order valence-electron chi connectivity index (χ4n) is 4.25. The van der Waals surface area contributed by atoms with Gasteiger partial charge in [-0.05, 0) is 64.1 Å². The Kier molecular flexibility index (Phi) is 5.33. The molecule has 1 aliphatic heterocycles. The van der Waals surface area contributed by atoms with Gasteiger partial charge in [-0.1, -0.05) is 20.8 Å².